The third kappa shape index (κ3) is 5.11. The number of carbonyl (C=O) groups is 1. The maximum Gasteiger partial charge on any atom is 0.271 e. The summed E-state index contributed by atoms with van der Waals surface area (Å²) in [5.41, 5.74) is 5.76. The maximum absolute atomic E-state index is 12.3. The average molecular weight is 375 g/mol. The van der Waals surface area contributed by atoms with Crippen molar-refractivity contribution >= 4 is 23.5 Å². The largest absolute Gasteiger partial charge is 0.497 e. The van der Waals surface area contributed by atoms with E-state index >= 15 is 0 Å². The van der Waals surface area contributed by atoms with E-state index < -0.39 is 0 Å². The summed E-state index contributed by atoms with van der Waals surface area (Å²) in [4.78, 5) is 12.3. The van der Waals surface area contributed by atoms with Crippen LogP contribution >= 0.6 is 0 Å². The fourth-order valence-electron chi connectivity index (χ4n) is 2.51. The van der Waals surface area contributed by atoms with E-state index in [1.54, 1.807) is 24.4 Å². The molecule has 0 aliphatic carbocycles. The molecule has 3 aromatic rings. The van der Waals surface area contributed by atoms with Crippen molar-refractivity contribution in [1.82, 2.24) is 5.43 Å². The summed E-state index contributed by atoms with van der Waals surface area (Å²) < 4.78 is 10.3. The lowest BCUT2D eigenvalue weighted by Gasteiger charge is -2.07. The minimum atomic E-state index is -0.351. The summed E-state index contributed by atoms with van der Waals surface area (Å²) in [6, 6.07) is 22.6. The molecule has 0 bridgehead atoms. The van der Waals surface area contributed by atoms with Crippen molar-refractivity contribution in [3.8, 4) is 11.5 Å². The van der Waals surface area contributed by atoms with Crippen LogP contribution in [0.5, 0.6) is 11.5 Å². The van der Waals surface area contributed by atoms with Crippen LogP contribution in [0.15, 0.2) is 77.9 Å². The first kappa shape index (κ1) is 19.0. The van der Waals surface area contributed by atoms with E-state index in [0.29, 0.717) is 17.1 Å². The average Bonchev–Trinajstić information content (AvgIpc) is 2.75. The van der Waals surface area contributed by atoms with Gasteiger partial charge in [-0.3, -0.25) is 4.79 Å². The molecule has 1 amide bonds. The molecule has 0 atom stereocenters. The Labute approximate surface area is 163 Å². The molecule has 0 spiro atoms. The Morgan fingerprint density at radius 1 is 0.857 bits per heavy atom. The number of nitrogens with zero attached hydrogens (tertiary/aromatic N) is 1. The number of benzene rings is 3. The molecule has 28 heavy (non-hydrogen) atoms. The quantitative estimate of drug-likeness (QED) is 0.479. The monoisotopic (exact) mass is 375 g/mol. The van der Waals surface area contributed by atoms with Gasteiger partial charge in [-0.15, -0.1) is 0 Å². The van der Waals surface area contributed by atoms with Crippen LogP contribution in [0.1, 0.15) is 15.9 Å². The number of anilines is 2. The van der Waals surface area contributed by atoms with Gasteiger partial charge in [0.25, 0.3) is 5.91 Å². The Kier molecular flexibility index (Phi) is 6.25. The van der Waals surface area contributed by atoms with E-state index in [4.69, 9.17) is 9.47 Å². The highest BCUT2D eigenvalue weighted by atomic mass is 16.5. The molecule has 2 N–H and O–H groups in total. The minimum absolute atomic E-state index is 0.351. The summed E-state index contributed by atoms with van der Waals surface area (Å²) >= 11 is 0. The number of carbonyl (C=O) groups excluding carboxylic acids is 1. The summed E-state index contributed by atoms with van der Waals surface area (Å²) in [6.45, 7) is 0. The number of hydrogen-bond donors (Lipinski definition) is 2. The van der Waals surface area contributed by atoms with Crippen LogP contribution in [0.2, 0.25) is 0 Å². The molecular formula is C22H21N3O3. The second-order valence-electron chi connectivity index (χ2n) is 5.91. The van der Waals surface area contributed by atoms with Crippen molar-refractivity contribution in [2.45, 2.75) is 0 Å². The third-order valence-corrected chi connectivity index (χ3v) is 3.97. The molecule has 3 aromatic carbocycles. The van der Waals surface area contributed by atoms with E-state index in [9.17, 15) is 4.79 Å². The summed E-state index contributed by atoms with van der Waals surface area (Å²) in [5.74, 6) is 0.723. The van der Waals surface area contributed by atoms with Gasteiger partial charge in [-0.1, -0.05) is 30.3 Å². The lowest BCUT2D eigenvalue weighted by Crippen LogP contribution is -2.17. The SMILES string of the molecule is COc1cc(OC)cc(C(=O)N/N=C/c2ccc(Nc3ccccc3)cc2)c1. The van der Waals surface area contributed by atoms with Gasteiger partial charge >= 0.3 is 0 Å². The topological polar surface area (TPSA) is 72.0 Å². The number of hydrogen-bond acceptors (Lipinski definition) is 5. The van der Waals surface area contributed by atoms with Gasteiger partial charge in [0.1, 0.15) is 11.5 Å². The number of amides is 1. The van der Waals surface area contributed by atoms with Gasteiger partial charge in [0.15, 0.2) is 0 Å². The molecule has 0 fully saturated rings. The summed E-state index contributed by atoms with van der Waals surface area (Å²) in [6.07, 6.45) is 1.58. The second-order valence-corrected chi connectivity index (χ2v) is 5.91. The van der Waals surface area contributed by atoms with Gasteiger partial charge in [0.2, 0.25) is 0 Å². The molecule has 0 aromatic heterocycles. The van der Waals surface area contributed by atoms with Crippen LogP contribution in [0.25, 0.3) is 0 Å². The van der Waals surface area contributed by atoms with Crippen molar-refractivity contribution in [2.75, 3.05) is 19.5 Å². The van der Waals surface area contributed by atoms with Crippen LogP contribution < -0.4 is 20.2 Å². The zero-order chi connectivity index (χ0) is 19.8. The molecule has 0 saturated carbocycles. The molecule has 6 nitrogen and oxygen atoms in total. The Balaban J connectivity index is 1.60. The highest BCUT2D eigenvalue weighted by Crippen LogP contribution is 2.22. The third-order valence-electron chi connectivity index (χ3n) is 3.97. The first-order valence-corrected chi connectivity index (χ1v) is 8.66. The van der Waals surface area contributed by atoms with Crippen LogP contribution in [0.3, 0.4) is 0 Å². The first-order chi connectivity index (χ1) is 13.7. The van der Waals surface area contributed by atoms with Gasteiger partial charge in [-0.2, -0.15) is 5.10 Å². The van der Waals surface area contributed by atoms with Gasteiger partial charge in [0, 0.05) is 23.0 Å². The number of rotatable bonds is 7. The van der Waals surface area contributed by atoms with E-state index in [1.165, 1.54) is 14.2 Å². The van der Waals surface area contributed by atoms with Gasteiger partial charge in [0.05, 0.1) is 20.4 Å². The Morgan fingerprint density at radius 3 is 2.07 bits per heavy atom. The van der Waals surface area contributed by atoms with Gasteiger partial charge in [-0.05, 0) is 42.0 Å². The molecule has 6 heteroatoms. The molecular weight excluding hydrogens is 354 g/mol. The van der Waals surface area contributed by atoms with Crippen molar-refractivity contribution in [3.63, 3.8) is 0 Å². The molecule has 142 valence electrons. The normalized spacial score (nSPS) is 10.5. The van der Waals surface area contributed by atoms with E-state index in [2.05, 4.69) is 15.8 Å². The Morgan fingerprint density at radius 2 is 1.46 bits per heavy atom. The fourth-order valence-corrected chi connectivity index (χ4v) is 2.51. The van der Waals surface area contributed by atoms with Crippen molar-refractivity contribution in [2.24, 2.45) is 5.10 Å². The van der Waals surface area contributed by atoms with Crippen molar-refractivity contribution in [1.29, 1.82) is 0 Å². The predicted molar refractivity (Wildman–Crippen MR) is 111 cm³/mol. The van der Waals surface area contributed by atoms with Crippen LogP contribution in [-0.4, -0.2) is 26.3 Å². The zero-order valence-corrected chi connectivity index (χ0v) is 15.7. The summed E-state index contributed by atoms with van der Waals surface area (Å²) in [7, 11) is 3.07. The van der Waals surface area contributed by atoms with Gasteiger partial charge < -0.3 is 14.8 Å². The van der Waals surface area contributed by atoms with E-state index in [-0.39, 0.29) is 5.91 Å². The lowest BCUT2D eigenvalue weighted by molar-refractivity contribution is 0.0954. The smallest absolute Gasteiger partial charge is 0.271 e. The lowest BCUT2D eigenvalue weighted by atomic mass is 10.2. The summed E-state index contributed by atoms with van der Waals surface area (Å²) in [5, 5.41) is 7.33. The Bertz CT molecular complexity index is 932. The second kappa shape index (κ2) is 9.23. The molecule has 0 aliphatic rings. The predicted octanol–water partition coefficient (Wildman–Crippen LogP) is 4.21. The number of methoxy groups -OCH3 is 2. The van der Waals surface area contributed by atoms with E-state index in [0.717, 1.165) is 16.9 Å². The minimum Gasteiger partial charge on any atom is -0.497 e. The standard InChI is InChI=1S/C22H21N3O3/c1-27-20-12-17(13-21(14-20)28-2)22(26)25-23-15-16-8-10-19(11-9-16)24-18-6-4-3-5-7-18/h3-15,24H,1-2H3,(H,25,26)/b23-15+. The van der Waals surface area contributed by atoms with Crippen LogP contribution in [-0.2, 0) is 0 Å². The fraction of sp³-hybridized carbons (Fsp3) is 0.0909. The Hall–Kier alpha value is -3.80. The van der Waals surface area contributed by atoms with Crippen molar-refractivity contribution < 1.29 is 14.3 Å². The molecule has 0 aliphatic heterocycles. The maximum atomic E-state index is 12.3. The first-order valence-electron chi connectivity index (χ1n) is 8.66. The number of para-hydroxylation sites is 1. The molecule has 0 saturated heterocycles. The molecule has 0 radical (unpaired) electrons. The number of ether oxygens (including phenoxy) is 2. The van der Waals surface area contributed by atoms with Crippen LogP contribution in [0.4, 0.5) is 11.4 Å². The zero-order valence-electron chi connectivity index (χ0n) is 15.7. The van der Waals surface area contributed by atoms with Gasteiger partial charge in [-0.25, -0.2) is 5.43 Å². The van der Waals surface area contributed by atoms with Crippen molar-refractivity contribution in [3.05, 3.63) is 83.9 Å². The highest BCUT2D eigenvalue weighted by Gasteiger charge is 2.09. The molecule has 0 unspecified atom stereocenters. The van der Waals surface area contributed by atoms with Crippen LogP contribution in [0, 0.1) is 0 Å². The molecule has 0 heterocycles. The number of hydrazone groups is 1. The van der Waals surface area contributed by atoms with E-state index in [1.807, 2.05) is 54.6 Å². The number of nitrogens with one attached hydrogen (secondary N) is 2. The molecule has 3 rings (SSSR count). The highest BCUT2D eigenvalue weighted by molar-refractivity contribution is 5.95.